The molecule has 0 atom stereocenters. The molecule has 19 heavy (non-hydrogen) atoms. The van der Waals surface area contributed by atoms with E-state index >= 15 is 0 Å². The Balaban J connectivity index is 2.28. The van der Waals surface area contributed by atoms with E-state index in [1.807, 2.05) is 0 Å². The third kappa shape index (κ3) is 3.04. The van der Waals surface area contributed by atoms with Gasteiger partial charge in [0.1, 0.15) is 5.82 Å². The van der Waals surface area contributed by atoms with Crippen molar-refractivity contribution in [3.8, 4) is 0 Å². The third-order valence-electron chi connectivity index (χ3n) is 2.28. The summed E-state index contributed by atoms with van der Waals surface area (Å²) in [5, 5.41) is -0.667. The molecule has 0 spiro atoms. The van der Waals surface area contributed by atoms with Crippen LogP contribution >= 0.6 is 0 Å². The van der Waals surface area contributed by atoms with Gasteiger partial charge in [0.15, 0.2) is 5.82 Å². The van der Waals surface area contributed by atoms with Crippen LogP contribution in [-0.2, 0) is 16.6 Å². The summed E-state index contributed by atoms with van der Waals surface area (Å²) in [5.74, 6) is -0.851. The topological polar surface area (TPSA) is 98.0 Å². The van der Waals surface area contributed by atoms with E-state index in [-0.39, 0.29) is 5.82 Å². The van der Waals surface area contributed by atoms with E-state index in [4.69, 9.17) is 5.73 Å². The fourth-order valence-electron chi connectivity index (χ4n) is 1.36. The van der Waals surface area contributed by atoms with Gasteiger partial charge >= 0.3 is 0 Å². The summed E-state index contributed by atoms with van der Waals surface area (Å²) in [5.41, 5.74) is 6.16. The zero-order valence-corrected chi connectivity index (χ0v) is 10.6. The number of nitrogens with two attached hydrogens (primary N) is 1. The van der Waals surface area contributed by atoms with Crippen LogP contribution in [0.5, 0.6) is 0 Å². The van der Waals surface area contributed by atoms with Crippen LogP contribution in [0, 0.1) is 5.82 Å². The molecule has 100 valence electrons. The second-order valence-electron chi connectivity index (χ2n) is 3.65. The summed E-state index contributed by atoms with van der Waals surface area (Å²) in [6, 6.07) is 5.40. The van der Waals surface area contributed by atoms with E-state index < -0.39 is 20.9 Å². The standard InChI is InChI=1S/C11H11FN4O2S/c12-9-2-1-5-14-11(9)19(17,18)16-10-4-3-8(6-13)7-15-10/h1-5,7H,6,13H2,(H,15,16). The lowest BCUT2D eigenvalue weighted by Gasteiger charge is -2.07. The highest BCUT2D eigenvalue weighted by atomic mass is 32.2. The van der Waals surface area contributed by atoms with Crippen molar-refractivity contribution < 1.29 is 12.8 Å². The number of anilines is 1. The number of halogens is 1. The quantitative estimate of drug-likeness (QED) is 0.867. The van der Waals surface area contributed by atoms with Gasteiger partial charge in [0.25, 0.3) is 10.0 Å². The van der Waals surface area contributed by atoms with Crippen molar-refractivity contribution in [1.82, 2.24) is 9.97 Å². The number of sulfonamides is 1. The van der Waals surface area contributed by atoms with Crippen LogP contribution in [0.3, 0.4) is 0 Å². The van der Waals surface area contributed by atoms with E-state index in [1.165, 1.54) is 24.5 Å². The van der Waals surface area contributed by atoms with Crippen molar-refractivity contribution >= 4 is 15.8 Å². The van der Waals surface area contributed by atoms with Crippen molar-refractivity contribution in [1.29, 1.82) is 0 Å². The molecule has 0 aromatic carbocycles. The maximum absolute atomic E-state index is 13.4. The zero-order chi connectivity index (χ0) is 13.9. The van der Waals surface area contributed by atoms with Gasteiger partial charge in [0.2, 0.25) is 5.03 Å². The zero-order valence-electron chi connectivity index (χ0n) is 9.75. The maximum Gasteiger partial charge on any atom is 0.283 e. The fourth-order valence-corrected chi connectivity index (χ4v) is 2.38. The molecule has 2 aromatic rings. The minimum Gasteiger partial charge on any atom is -0.326 e. The predicted molar refractivity (Wildman–Crippen MR) is 67.1 cm³/mol. The van der Waals surface area contributed by atoms with Crippen molar-refractivity contribution in [3.05, 3.63) is 48.0 Å². The molecular formula is C11H11FN4O2S. The van der Waals surface area contributed by atoms with Gasteiger partial charge in [-0.2, -0.15) is 8.42 Å². The summed E-state index contributed by atoms with van der Waals surface area (Å²) in [6.45, 7) is 0.300. The average molecular weight is 282 g/mol. The number of nitrogens with one attached hydrogen (secondary N) is 1. The molecule has 0 bridgehead atoms. The Bertz CT molecular complexity index is 673. The minimum absolute atomic E-state index is 0.0715. The van der Waals surface area contributed by atoms with Crippen LogP contribution in [0.15, 0.2) is 41.7 Å². The molecule has 2 aromatic heterocycles. The Labute approximate surface area is 109 Å². The van der Waals surface area contributed by atoms with E-state index in [0.29, 0.717) is 6.54 Å². The summed E-state index contributed by atoms with van der Waals surface area (Å²) < 4.78 is 39.3. The molecule has 0 aliphatic heterocycles. The first-order valence-corrected chi connectivity index (χ1v) is 6.79. The van der Waals surface area contributed by atoms with Crippen molar-refractivity contribution in [2.75, 3.05) is 4.72 Å². The molecule has 0 aliphatic rings. The molecule has 8 heteroatoms. The van der Waals surface area contributed by atoms with Gasteiger partial charge in [0, 0.05) is 18.9 Å². The number of nitrogens with zero attached hydrogens (tertiary/aromatic N) is 2. The molecule has 0 fully saturated rings. The van der Waals surface area contributed by atoms with E-state index in [1.54, 1.807) is 6.07 Å². The number of pyridine rings is 2. The molecule has 6 nitrogen and oxygen atoms in total. The normalized spacial score (nSPS) is 11.3. The molecule has 0 unspecified atom stereocenters. The molecular weight excluding hydrogens is 271 g/mol. The van der Waals surface area contributed by atoms with E-state index in [2.05, 4.69) is 14.7 Å². The number of hydrogen-bond acceptors (Lipinski definition) is 5. The van der Waals surface area contributed by atoms with Crippen LogP contribution < -0.4 is 10.5 Å². The van der Waals surface area contributed by atoms with Crippen LogP contribution in [0.4, 0.5) is 10.2 Å². The van der Waals surface area contributed by atoms with Gasteiger partial charge in [0.05, 0.1) is 0 Å². The van der Waals surface area contributed by atoms with Crippen molar-refractivity contribution in [2.24, 2.45) is 5.73 Å². The molecule has 3 N–H and O–H groups in total. The Morgan fingerprint density at radius 2 is 2.05 bits per heavy atom. The molecule has 2 heterocycles. The van der Waals surface area contributed by atoms with Gasteiger partial charge < -0.3 is 5.73 Å². The highest BCUT2D eigenvalue weighted by Gasteiger charge is 2.20. The molecule has 0 amide bonds. The highest BCUT2D eigenvalue weighted by Crippen LogP contribution is 2.15. The van der Waals surface area contributed by atoms with Crippen LogP contribution in [-0.4, -0.2) is 18.4 Å². The smallest absolute Gasteiger partial charge is 0.283 e. The lowest BCUT2D eigenvalue weighted by atomic mass is 10.3. The number of rotatable bonds is 4. The molecule has 0 saturated carbocycles. The summed E-state index contributed by atoms with van der Waals surface area (Å²) >= 11 is 0. The van der Waals surface area contributed by atoms with Crippen molar-refractivity contribution in [2.45, 2.75) is 11.6 Å². The van der Waals surface area contributed by atoms with Crippen LogP contribution in [0.2, 0.25) is 0 Å². The number of hydrogen-bond donors (Lipinski definition) is 2. The second-order valence-corrected chi connectivity index (χ2v) is 5.25. The summed E-state index contributed by atoms with van der Waals surface area (Å²) in [7, 11) is -4.09. The maximum atomic E-state index is 13.4. The van der Waals surface area contributed by atoms with E-state index in [0.717, 1.165) is 11.6 Å². The fraction of sp³-hybridized carbons (Fsp3) is 0.0909. The first-order valence-electron chi connectivity index (χ1n) is 5.31. The van der Waals surface area contributed by atoms with Crippen LogP contribution in [0.1, 0.15) is 5.56 Å². The average Bonchev–Trinajstić information content (AvgIpc) is 2.39. The third-order valence-corrected chi connectivity index (χ3v) is 3.57. The highest BCUT2D eigenvalue weighted by molar-refractivity contribution is 7.92. The Kier molecular flexibility index (Phi) is 3.72. The Morgan fingerprint density at radius 1 is 1.26 bits per heavy atom. The lowest BCUT2D eigenvalue weighted by Crippen LogP contribution is -2.17. The summed E-state index contributed by atoms with van der Waals surface area (Å²) in [6.07, 6.45) is 2.63. The Hall–Kier alpha value is -2.06. The molecule has 0 saturated heterocycles. The minimum atomic E-state index is -4.09. The first-order chi connectivity index (χ1) is 9.03. The predicted octanol–water partition coefficient (Wildman–Crippen LogP) is 0.875. The molecule has 0 radical (unpaired) electrons. The van der Waals surface area contributed by atoms with Gasteiger partial charge in [-0.05, 0) is 23.8 Å². The Morgan fingerprint density at radius 3 is 2.63 bits per heavy atom. The second kappa shape index (κ2) is 5.29. The van der Waals surface area contributed by atoms with Crippen molar-refractivity contribution in [3.63, 3.8) is 0 Å². The number of aromatic nitrogens is 2. The van der Waals surface area contributed by atoms with Gasteiger partial charge in [-0.1, -0.05) is 6.07 Å². The van der Waals surface area contributed by atoms with E-state index in [9.17, 15) is 12.8 Å². The SMILES string of the molecule is NCc1ccc(NS(=O)(=O)c2ncccc2F)nc1. The van der Waals surface area contributed by atoms with Crippen LogP contribution in [0.25, 0.3) is 0 Å². The molecule has 2 rings (SSSR count). The monoisotopic (exact) mass is 282 g/mol. The van der Waals surface area contributed by atoms with Gasteiger partial charge in [-0.25, -0.2) is 14.4 Å². The van der Waals surface area contributed by atoms with Gasteiger partial charge in [-0.15, -0.1) is 0 Å². The summed E-state index contributed by atoms with van der Waals surface area (Å²) in [4.78, 5) is 7.38. The largest absolute Gasteiger partial charge is 0.326 e. The molecule has 0 aliphatic carbocycles. The lowest BCUT2D eigenvalue weighted by molar-refractivity contribution is 0.556. The first kappa shape index (κ1) is 13.4. The van der Waals surface area contributed by atoms with Gasteiger partial charge in [-0.3, -0.25) is 4.72 Å².